The van der Waals surface area contributed by atoms with E-state index in [4.69, 9.17) is 5.73 Å². The highest BCUT2D eigenvalue weighted by atomic mass is 16.6. The number of nitrogens with zero attached hydrogens (tertiary/aromatic N) is 1. The molecule has 0 aliphatic carbocycles. The largest absolute Gasteiger partial charge is 0.506 e. The second kappa shape index (κ2) is 5.66. The zero-order valence-electron chi connectivity index (χ0n) is 10.8. The maximum Gasteiger partial charge on any atom is 0.271 e. The maximum absolute atomic E-state index is 11.6. The molecular formula is C12H17N3O4. The van der Waals surface area contributed by atoms with Crippen molar-refractivity contribution in [3.63, 3.8) is 0 Å². The number of nitrogens with two attached hydrogens (primary N) is 1. The fraction of sp³-hybridized carbons (Fsp3) is 0.417. The minimum absolute atomic E-state index is 0.0222. The Morgan fingerprint density at radius 1 is 1.53 bits per heavy atom. The smallest absolute Gasteiger partial charge is 0.271 e. The molecule has 0 spiro atoms. The number of anilines is 1. The van der Waals surface area contributed by atoms with E-state index in [2.05, 4.69) is 5.32 Å². The first kappa shape index (κ1) is 14.9. The van der Waals surface area contributed by atoms with E-state index in [-0.39, 0.29) is 29.5 Å². The fourth-order valence-electron chi connectivity index (χ4n) is 1.39. The molecule has 1 rings (SSSR count). The quantitative estimate of drug-likeness (QED) is 0.426. The number of phenols is 1. The van der Waals surface area contributed by atoms with Crippen LogP contribution in [0.4, 0.5) is 11.4 Å². The summed E-state index contributed by atoms with van der Waals surface area (Å²) in [6.45, 7) is 3.59. The van der Waals surface area contributed by atoms with Gasteiger partial charge in [-0.3, -0.25) is 14.9 Å². The molecule has 4 N–H and O–H groups in total. The number of nitrogens with one attached hydrogen (secondary N) is 1. The van der Waals surface area contributed by atoms with E-state index in [0.29, 0.717) is 6.42 Å². The number of phenolic OH excluding ortho intramolecular Hbond substituents is 1. The fourth-order valence-corrected chi connectivity index (χ4v) is 1.39. The van der Waals surface area contributed by atoms with Crippen molar-refractivity contribution in [2.24, 2.45) is 5.73 Å². The third-order valence-corrected chi connectivity index (χ3v) is 2.46. The van der Waals surface area contributed by atoms with Crippen molar-refractivity contribution in [2.75, 3.05) is 5.32 Å². The van der Waals surface area contributed by atoms with Crippen molar-refractivity contribution >= 4 is 17.3 Å². The van der Waals surface area contributed by atoms with Crippen LogP contribution in [0.2, 0.25) is 0 Å². The van der Waals surface area contributed by atoms with Crippen molar-refractivity contribution < 1.29 is 14.8 Å². The van der Waals surface area contributed by atoms with Crippen LogP contribution in [-0.2, 0) is 4.79 Å². The highest BCUT2D eigenvalue weighted by molar-refractivity contribution is 5.92. The predicted octanol–water partition coefficient (Wildman–Crippen LogP) is 1.76. The number of non-ortho nitro benzene ring substituents is 1. The van der Waals surface area contributed by atoms with Gasteiger partial charge in [0.25, 0.3) is 5.69 Å². The Labute approximate surface area is 110 Å². The molecule has 1 amide bonds. The number of hydrogen-bond donors (Lipinski definition) is 3. The van der Waals surface area contributed by atoms with Gasteiger partial charge in [-0.2, -0.15) is 0 Å². The normalized spacial score (nSPS) is 11.1. The topological polar surface area (TPSA) is 118 Å². The summed E-state index contributed by atoms with van der Waals surface area (Å²) in [5.41, 5.74) is 5.10. The van der Waals surface area contributed by atoms with Gasteiger partial charge in [-0.25, -0.2) is 0 Å². The lowest BCUT2D eigenvalue weighted by Gasteiger charge is -2.17. The third kappa shape index (κ3) is 4.92. The number of hydrogen-bond acceptors (Lipinski definition) is 5. The van der Waals surface area contributed by atoms with Crippen LogP contribution in [0.1, 0.15) is 26.7 Å². The molecule has 0 fully saturated rings. The Morgan fingerprint density at radius 3 is 2.68 bits per heavy atom. The van der Waals surface area contributed by atoms with Crippen molar-refractivity contribution in [1.82, 2.24) is 0 Å². The monoisotopic (exact) mass is 267 g/mol. The van der Waals surface area contributed by atoms with Crippen LogP contribution in [0.3, 0.4) is 0 Å². The van der Waals surface area contributed by atoms with Gasteiger partial charge in [0.2, 0.25) is 5.91 Å². The van der Waals surface area contributed by atoms with Crippen molar-refractivity contribution in [3.8, 4) is 5.75 Å². The van der Waals surface area contributed by atoms with Gasteiger partial charge in [-0.15, -0.1) is 0 Å². The van der Waals surface area contributed by atoms with Gasteiger partial charge >= 0.3 is 0 Å². The Kier molecular flexibility index (Phi) is 4.44. The summed E-state index contributed by atoms with van der Waals surface area (Å²) in [6, 6.07) is 3.44. The van der Waals surface area contributed by atoms with Gasteiger partial charge in [0, 0.05) is 24.1 Å². The first-order valence-electron chi connectivity index (χ1n) is 5.75. The number of benzene rings is 1. The Hall–Kier alpha value is -2.15. The zero-order valence-corrected chi connectivity index (χ0v) is 10.8. The van der Waals surface area contributed by atoms with Crippen LogP contribution >= 0.6 is 0 Å². The van der Waals surface area contributed by atoms with Gasteiger partial charge in [0.1, 0.15) is 5.75 Å². The molecule has 0 bridgehead atoms. The highest BCUT2D eigenvalue weighted by Gasteiger charge is 2.16. The minimum atomic E-state index is -0.599. The lowest BCUT2D eigenvalue weighted by atomic mass is 10.00. The van der Waals surface area contributed by atoms with Crippen LogP contribution in [0.25, 0.3) is 0 Å². The first-order chi connectivity index (χ1) is 8.69. The second-order valence-corrected chi connectivity index (χ2v) is 5.00. The summed E-state index contributed by atoms with van der Waals surface area (Å²) >= 11 is 0. The second-order valence-electron chi connectivity index (χ2n) is 5.00. The average Bonchev–Trinajstić information content (AvgIpc) is 2.28. The van der Waals surface area contributed by atoms with E-state index in [0.717, 1.165) is 12.1 Å². The average molecular weight is 267 g/mol. The molecule has 0 aliphatic heterocycles. The van der Waals surface area contributed by atoms with E-state index in [1.807, 2.05) is 0 Å². The molecule has 0 aliphatic rings. The van der Waals surface area contributed by atoms with Gasteiger partial charge in [-0.1, -0.05) is 0 Å². The molecular weight excluding hydrogens is 250 g/mol. The number of carbonyl (C=O) groups is 1. The number of carbonyl (C=O) groups excluding carboxylic acids is 1. The van der Waals surface area contributed by atoms with E-state index < -0.39 is 10.5 Å². The van der Waals surface area contributed by atoms with Crippen LogP contribution in [0.15, 0.2) is 18.2 Å². The summed E-state index contributed by atoms with van der Waals surface area (Å²) in [6.07, 6.45) is 0.639. The number of aromatic hydroxyl groups is 1. The van der Waals surface area contributed by atoms with E-state index in [9.17, 15) is 20.0 Å². The van der Waals surface area contributed by atoms with Crippen LogP contribution in [-0.4, -0.2) is 21.5 Å². The Balaban J connectivity index is 2.73. The molecule has 0 aromatic heterocycles. The van der Waals surface area contributed by atoms with Gasteiger partial charge in [-0.05, 0) is 26.3 Å². The zero-order chi connectivity index (χ0) is 14.6. The molecule has 7 nitrogen and oxygen atoms in total. The van der Waals surface area contributed by atoms with Crippen molar-refractivity contribution in [3.05, 3.63) is 28.3 Å². The number of nitro benzene ring substituents is 1. The van der Waals surface area contributed by atoms with E-state index in [1.165, 1.54) is 6.07 Å². The summed E-state index contributed by atoms with van der Waals surface area (Å²) in [5, 5.41) is 22.6. The van der Waals surface area contributed by atoms with Crippen LogP contribution in [0, 0.1) is 10.1 Å². The third-order valence-electron chi connectivity index (χ3n) is 2.46. The first-order valence-corrected chi connectivity index (χ1v) is 5.75. The molecule has 1 aromatic rings. The SMILES string of the molecule is CC(C)(N)CCC(=O)Nc1cc([N+](=O)[O-])ccc1O. The minimum Gasteiger partial charge on any atom is -0.506 e. The molecule has 0 heterocycles. The highest BCUT2D eigenvalue weighted by Crippen LogP contribution is 2.28. The molecule has 104 valence electrons. The molecule has 0 unspecified atom stereocenters. The van der Waals surface area contributed by atoms with E-state index in [1.54, 1.807) is 13.8 Å². The standard InChI is InChI=1S/C12H17N3O4/c1-12(2,13)6-5-11(17)14-9-7-8(15(18)19)3-4-10(9)16/h3-4,7,16H,5-6,13H2,1-2H3,(H,14,17). The lowest BCUT2D eigenvalue weighted by molar-refractivity contribution is -0.384. The summed E-state index contributed by atoms with van der Waals surface area (Å²) in [4.78, 5) is 21.6. The molecule has 0 atom stereocenters. The number of nitro groups is 1. The maximum atomic E-state index is 11.6. The van der Waals surface area contributed by atoms with Crippen molar-refractivity contribution in [1.29, 1.82) is 0 Å². The van der Waals surface area contributed by atoms with Gasteiger partial charge in [0.05, 0.1) is 10.6 Å². The number of rotatable bonds is 5. The lowest BCUT2D eigenvalue weighted by Crippen LogP contribution is -2.33. The van der Waals surface area contributed by atoms with Crippen molar-refractivity contribution in [2.45, 2.75) is 32.2 Å². The molecule has 0 radical (unpaired) electrons. The molecule has 0 saturated heterocycles. The summed E-state index contributed by atoms with van der Waals surface area (Å²) in [7, 11) is 0. The van der Waals surface area contributed by atoms with Gasteiger partial charge < -0.3 is 16.2 Å². The predicted molar refractivity (Wildman–Crippen MR) is 70.9 cm³/mol. The molecule has 7 heteroatoms. The number of amides is 1. The molecule has 19 heavy (non-hydrogen) atoms. The van der Waals surface area contributed by atoms with Crippen LogP contribution < -0.4 is 11.1 Å². The molecule has 0 saturated carbocycles. The van der Waals surface area contributed by atoms with E-state index >= 15 is 0 Å². The Bertz CT molecular complexity index is 494. The van der Waals surface area contributed by atoms with Gasteiger partial charge in [0.15, 0.2) is 0 Å². The molecule has 1 aromatic carbocycles. The van der Waals surface area contributed by atoms with Crippen LogP contribution in [0.5, 0.6) is 5.75 Å². The summed E-state index contributed by atoms with van der Waals surface area (Å²) < 4.78 is 0. The Morgan fingerprint density at radius 2 is 2.16 bits per heavy atom. The summed E-state index contributed by atoms with van der Waals surface area (Å²) in [5.74, 6) is -0.569.